The maximum absolute atomic E-state index is 11.1. The maximum Gasteiger partial charge on any atom is 0.147 e. The van der Waals surface area contributed by atoms with E-state index in [1.807, 2.05) is 6.92 Å². The first-order valence-electron chi connectivity index (χ1n) is 3.84. The number of hydrogen-bond acceptors (Lipinski definition) is 2. The van der Waals surface area contributed by atoms with Gasteiger partial charge < -0.3 is 5.73 Å². The van der Waals surface area contributed by atoms with Crippen LogP contribution in [0, 0.1) is 17.8 Å². The monoisotopic (exact) mass is 153 g/mol. The van der Waals surface area contributed by atoms with Crippen molar-refractivity contribution in [1.29, 1.82) is 0 Å². The molecule has 0 rings (SSSR count). The van der Waals surface area contributed by atoms with Gasteiger partial charge in [0.25, 0.3) is 0 Å². The van der Waals surface area contributed by atoms with Crippen molar-refractivity contribution in [1.82, 2.24) is 0 Å². The van der Waals surface area contributed by atoms with E-state index in [1.165, 1.54) is 0 Å². The molecule has 1 atom stereocenters. The zero-order valence-electron chi connectivity index (χ0n) is 7.18. The second-order valence-electron chi connectivity index (χ2n) is 2.55. The summed E-state index contributed by atoms with van der Waals surface area (Å²) in [5.74, 6) is 5.71. The van der Waals surface area contributed by atoms with Crippen LogP contribution < -0.4 is 5.73 Å². The van der Waals surface area contributed by atoms with Crippen molar-refractivity contribution < 1.29 is 4.79 Å². The summed E-state index contributed by atoms with van der Waals surface area (Å²) in [4.78, 5) is 11.1. The van der Waals surface area contributed by atoms with Gasteiger partial charge >= 0.3 is 0 Å². The van der Waals surface area contributed by atoms with Crippen LogP contribution in [-0.2, 0) is 4.79 Å². The van der Waals surface area contributed by atoms with Crippen LogP contribution in [-0.4, -0.2) is 12.3 Å². The molecule has 0 saturated heterocycles. The average Bonchev–Trinajstić information content (AvgIpc) is 2.00. The van der Waals surface area contributed by atoms with Gasteiger partial charge in [-0.1, -0.05) is 12.8 Å². The Morgan fingerprint density at radius 3 is 2.73 bits per heavy atom. The number of carbonyl (C=O) groups excluding carboxylic acids is 1. The predicted molar refractivity (Wildman–Crippen MR) is 45.9 cm³/mol. The summed E-state index contributed by atoms with van der Waals surface area (Å²) in [6.07, 6.45) is 1.14. The molecule has 0 aliphatic carbocycles. The molecular weight excluding hydrogens is 138 g/mol. The number of nitrogens with two attached hydrogens (primary N) is 1. The Balaban J connectivity index is 3.70. The average molecular weight is 153 g/mol. The number of carbonyl (C=O) groups is 1. The zero-order chi connectivity index (χ0) is 8.69. The minimum atomic E-state index is 0.0702. The van der Waals surface area contributed by atoms with Crippen LogP contribution in [0.4, 0.5) is 0 Å². The van der Waals surface area contributed by atoms with Gasteiger partial charge in [0.15, 0.2) is 0 Å². The molecule has 2 nitrogen and oxygen atoms in total. The summed E-state index contributed by atoms with van der Waals surface area (Å²) in [7, 11) is 0. The first-order chi connectivity index (χ1) is 5.22. The Morgan fingerprint density at radius 1 is 1.64 bits per heavy atom. The van der Waals surface area contributed by atoms with Crippen molar-refractivity contribution in [2.45, 2.75) is 26.7 Å². The molecule has 0 fully saturated rings. The molecule has 0 saturated carbocycles. The van der Waals surface area contributed by atoms with E-state index in [4.69, 9.17) is 5.73 Å². The highest BCUT2D eigenvalue weighted by atomic mass is 16.1. The van der Waals surface area contributed by atoms with E-state index in [2.05, 4.69) is 11.8 Å². The summed E-state index contributed by atoms with van der Waals surface area (Å²) >= 11 is 0. The number of rotatable bonds is 4. The fourth-order valence-corrected chi connectivity index (χ4v) is 0.761. The third kappa shape index (κ3) is 4.58. The van der Waals surface area contributed by atoms with Crippen LogP contribution in [0.2, 0.25) is 0 Å². The summed E-state index contributed by atoms with van der Waals surface area (Å²) in [6, 6.07) is 0. The first kappa shape index (κ1) is 10.2. The summed E-state index contributed by atoms with van der Waals surface area (Å²) < 4.78 is 0. The third-order valence-electron chi connectivity index (χ3n) is 1.59. The van der Waals surface area contributed by atoms with E-state index in [1.54, 1.807) is 6.92 Å². The van der Waals surface area contributed by atoms with Crippen molar-refractivity contribution in [2.24, 2.45) is 11.7 Å². The fourth-order valence-electron chi connectivity index (χ4n) is 0.761. The molecule has 0 aromatic heterocycles. The molecule has 2 heteroatoms. The molecule has 11 heavy (non-hydrogen) atoms. The molecule has 0 radical (unpaired) electrons. The molecule has 2 N–H and O–H groups in total. The Hall–Kier alpha value is -0.810. The highest BCUT2D eigenvalue weighted by molar-refractivity contribution is 5.82. The summed E-state index contributed by atoms with van der Waals surface area (Å²) in [5, 5.41) is 0. The largest absolute Gasteiger partial charge is 0.330 e. The van der Waals surface area contributed by atoms with Gasteiger partial charge in [0.1, 0.15) is 5.78 Å². The van der Waals surface area contributed by atoms with Crippen LogP contribution in [0.15, 0.2) is 0 Å². The van der Waals surface area contributed by atoms with Gasteiger partial charge in [0, 0.05) is 5.92 Å². The normalized spacial score (nSPS) is 11.5. The molecular formula is C9H15NO. The third-order valence-corrected chi connectivity index (χ3v) is 1.59. The molecule has 1 unspecified atom stereocenters. The molecule has 62 valence electrons. The van der Waals surface area contributed by atoms with Crippen LogP contribution >= 0.6 is 0 Å². The second-order valence-corrected chi connectivity index (χ2v) is 2.55. The SMILES string of the molecule is CC#CCC(=O)C(C)CCN. The smallest absolute Gasteiger partial charge is 0.147 e. The van der Waals surface area contributed by atoms with Crippen LogP contribution in [0.3, 0.4) is 0 Å². The minimum absolute atomic E-state index is 0.0702. The van der Waals surface area contributed by atoms with Crippen molar-refractivity contribution in [3.05, 3.63) is 0 Å². The van der Waals surface area contributed by atoms with E-state index in [9.17, 15) is 4.79 Å². The minimum Gasteiger partial charge on any atom is -0.330 e. The van der Waals surface area contributed by atoms with Gasteiger partial charge in [-0.2, -0.15) is 0 Å². The molecule has 0 heterocycles. The van der Waals surface area contributed by atoms with E-state index in [-0.39, 0.29) is 11.7 Å². The molecule has 0 aromatic carbocycles. The Kier molecular flexibility index (Phi) is 5.50. The number of Topliss-reactive ketones (excluding diaryl/α,β-unsaturated/α-hetero) is 1. The topological polar surface area (TPSA) is 43.1 Å². The standard InChI is InChI=1S/C9H15NO/c1-3-4-5-9(11)8(2)6-7-10/h8H,5-7,10H2,1-2H3. The maximum atomic E-state index is 11.1. The Labute approximate surface area is 68.2 Å². The zero-order valence-corrected chi connectivity index (χ0v) is 7.18. The predicted octanol–water partition coefficient (Wildman–Crippen LogP) is 0.954. The van der Waals surface area contributed by atoms with E-state index in [0.29, 0.717) is 13.0 Å². The molecule has 0 aromatic rings. The first-order valence-corrected chi connectivity index (χ1v) is 3.84. The lowest BCUT2D eigenvalue weighted by Crippen LogP contribution is -2.14. The fraction of sp³-hybridized carbons (Fsp3) is 0.667. The van der Waals surface area contributed by atoms with E-state index in [0.717, 1.165) is 6.42 Å². The molecule has 0 spiro atoms. The summed E-state index contributed by atoms with van der Waals surface area (Å²) in [6.45, 7) is 4.21. The lowest BCUT2D eigenvalue weighted by molar-refractivity contribution is -0.121. The molecule has 0 bridgehead atoms. The van der Waals surface area contributed by atoms with Gasteiger partial charge in [0.05, 0.1) is 6.42 Å². The Morgan fingerprint density at radius 2 is 2.27 bits per heavy atom. The second kappa shape index (κ2) is 5.94. The van der Waals surface area contributed by atoms with Gasteiger partial charge in [-0.15, -0.1) is 5.92 Å². The molecule has 0 aliphatic heterocycles. The van der Waals surface area contributed by atoms with Gasteiger partial charge in [-0.05, 0) is 19.9 Å². The van der Waals surface area contributed by atoms with E-state index < -0.39 is 0 Å². The van der Waals surface area contributed by atoms with Gasteiger partial charge in [-0.3, -0.25) is 4.79 Å². The van der Waals surface area contributed by atoms with Gasteiger partial charge in [-0.25, -0.2) is 0 Å². The highest BCUT2D eigenvalue weighted by Crippen LogP contribution is 2.03. The summed E-state index contributed by atoms with van der Waals surface area (Å²) in [5.41, 5.74) is 5.31. The van der Waals surface area contributed by atoms with Gasteiger partial charge in [0.2, 0.25) is 0 Å². The van der Waals surface area contributed by atoms with Crippen molar-refractivity contribution in [2.75, 3.05) is 6.54 Å². The van der Waals surface area contributed by atoms with Crippen molar-refractivity contribution >= 4 is 5.78 Å². The highest BCUT2D eigenvalue weighted by Gasteiger charge is 2.09. The van der Waals surface area contributed by atoms with Crippen LogP contribution in [0.1, 0.15) is 26.7 Å². The van der Waals surface area contributed by atoms with Crippen LogP contribution in [0.25, 0.3) is 0 Å². The van der Waals surface area contributed by atoms with Crippen LogP contribution in [0.5, 0.6) is 0 Å². The van der Waals surface area contributed by atoms with Crippen molar-refractivity contribution in [3.63, 3.8) is 0 Å². The Bertz CT molecular complexity index is 176. The lowest BCUT2D eigenvalue weighted by atomic mass is 10.0. The number of hydrogen-bond donors (Lipinski definition) is 1. The lowest BCUT2D eigenvalue weighted by Gasteiger charge is -2.04. The van der Waals surface area contributed by atoms with Crippen molar-refractivity contribution in [3.8, 4) is 11.8 Å². The molecule has 0 amide bonds. The molecule has 0 aliphatic rings. The number of ketones is 1. The van der Waals surface area contributed by atoms with E-state index >= 15 is 0 Å². The quantitative estimate of drug-likeness (QED) is 0.611.